The smallest absolute Gasteiger partial charge is 0.312 e. The molecule has 1 unspecified atom stereocenters. The molecule has 1 saturated heterocycles. The minimum Gasteiger partial charge on any atom is -0.348 e. The molecule has 0 saturated carbocycles. The van der Waals surface area contributed by atoms with Crippen LogP contribution in [0.2, 0.25) is 0 Å². The van der Waals surface area contributed by atoms with Gasteiger partial charge in [-0.25, -0.2) is 4.98 Å². The van der Waals surface area contributed by atoms with Gasteiger partial charge in [-0.1, -0.05) is 0 Å². The van der Waals surface area contributed by atoms with Crippen LogP contribution in [-0.2, 0) is 0 Å². The minimum absolute atomic E-state index is 0.104. The first-order valence-electron chi connectivity index (χ1n) is 6.68. The molecule has 0 radical (unpaired) electrons. The highest BCUT2D eigenvalue weighted by Gasteiger charge is 2.29. The molecule has 1 fully saturated rings. The Morgan fingerprint density at radius 2 is 2.40 bits per heavy atom. The van der Waals surface area contributed by atoms with Gasteiger partial charge in [-0.05, 0) is 32.2 Å². The number of nitrogens with two attached hydrogens (primary N) is 1. The van der Waals surface area contributed by atoms with E-state index in [4.69, 9.17) is 11.0 Å². The largest absolute Gasteiger partial charge is 0.348 e. The van der Waals surface area contributed by atoms with Gasteiger partial charge in [0.2, 0.25) is 5.82 Å². The molecular formula is C13H17N5O2. The number of anilines is 1. The van der Waals surface area contributed by atoms with E-state index >= 15 is 0 Å². The van der Waals surface area contributed by atoms with E-state index in [9.17, 15) is 10.1 Å². The predicted octanol–water partition coefficient (Wildman–Crippen LogP) is 1.57. The summed E-state index contributed by atoms with van der Waals surface area (Å²) in [5.41, 5.74) is 5.72. The van der Waals surface area contributed by atoms with Gasteiger partial charge < -0.3 is 10.6 Å². The lowest BCUT2D eigenvalue weighted by atomic mass is 9.99. The van der Waals surface area contributed by atoms with Gasteiger partial charge in [0.1, 0.15) is 6.07 Å². The molecule has 7 nitrogen and oxygen atoms in total. The molecule has 2 rings (SSSR count). The van der Waals surface area contributed by atoms with Crippen LogP contribution in [-0.4, -0.2) is 29.0 Å². The number of aromatic nitrogens is 1. The number of hydrogen-bond acceptors (Lipinski definition) is 6. The lowest BCUT2D eigenvalue weighted by molar-refractivity contribution is -0.384. The summed E-state index contributed by atoms with van der Waals surface area (Å²) < 4.78 is 0. The molecule has 0 aromatic carbocycles. The standard InChI is InChI=1S/C13H17N5O2/c14-5-4-11-3-1-2-6-17(11)13-12(18(19)20)7-10(8-15)9-16-13/h7,9,11H,1-6,14H2. The number of nitriles is 1. The van der Waals surface area contributed by atoms with Crippen molar-refractivity contribution in [3.05, 3.63) is 27.9 Å². The summed E-state index contributed by atoms with van der Waals surface area (Å²) in [7, 11) is 0. The predicted molar refractivity (Wildman–Crippen MR) is 74.3 cm³/mol. The number of hydrogen-bond donors (Lipinski definition) is 1. The van der Waals surface area contributed by atoms with Crippen molar-refractivity contribution < 1.29 is 4.92 Å². The molecule has 20 heavy (non-hydrogen) atoms. The second kappa shape index (κ2) is 6.30. The van der Waals surface area contributed by atoms with Crippen molar-refractivity contribution in [1.82, 2.24) is 4.98 Å². The van der Waals surface area contributed by atoms with E-state index in [1.165, 1.54) is 12.3 Å². The van der Waals surface area contributed by atoms with E-state index in [1.807, 2.05) is 11.0 Å². The quantitative estimate of drug-likeness (QED) is 0.659. The zero-order valence-electron chi connectivity index (χ0n) is 11.2. The van der Waals surface area contributed by atoms with Crippen LogP contribution in [0.25, 0.3) is 0 Å². The summed E-state index contributed by atoms with van der Waals surface area (Å²) in [4.78, 5) is 16.8. The van der Waals surface area contributed by atoms with Gasteiger partial charge in [-0.2, -0.15) is 5.26 Å². The Bertz CT molecular complexity index is 538. The number of rotatable bonds is 4. The second-order valence-electron chi connectivity index (χ2n) is 4.86. The second-order valence-corrected chi connectivity index (χ2v) is 4.86. The Hall–Kier alpha value is -2.20. The first-order valence-corrected chi connectivity index (χ1v) is 6.68. The van der Waals surface area contributed by atoms with Crippen LogP contribution in [0, 0.1) is 21.4 Å². The van der Waals surface area contributed by atoms with E-state index in [1.54, 1.807) is 0 Å². The highest BCUT2D eigenvalue weighted by atomic mass is 16.6. The molecule has 2 heterocycles. The van der Waals surface area contributed by atoms with Gasteiger partial charge >= 0.3 is 5.69 Å². The van der Waals surface area contributed by atoms with Gasteiger partial charge in [0.15, 0.2) is 0 Å². The molecule has 1 aromatic heterocycles. The minimum atomic E-state index is -0.475. The van der Waals surface area contributed by atoms with Crippen LogP contribution >= 0.6 is 0 Å². The molecule has 0 amide bonds. The van der Waals surface area contributed by atoms with E-state index < -0.39 is 4.92 Å². The highest BCUT2D eigenvalue weighted by Crippen LogP contribution is 2.32. The molecule has 0 aliphatic carbocycles. The SMILES string of the molecule is N#Cc1cnc(N2CCCCC2CCN)c([N+](=O)[O-])c1. The summed E-state index contributed by atoms with van der Waals surface area (Å²) in [6.07, 6.45) is 5.23. The van der Waals surface area contributed by atoms with Gasteiger partial charge in [0, 0.05) is 24.8 Å². The number of nitro groups is 1. The van der Waals surface area contributed by atoms with E-state index in [2.05, 4.69) is 4.98 Å². The van der Waals surface area contributed by atoms with Crippen LogP contribution in [0.4, 0.5) is 11.5 Å². The number of piperidine rings is 1. The average Bonchev–Trinajstić information content (AvgIpc) is 2.47. The molecule has 0 spiro atoms. The fraction of sp³-hybridized carbons (Fsp3) is 0.538. The monoisotopic (exact) mass is 275 g/mol. The zero-order chi connectivity index (χ0) is 14.5. The van der Waals surface area contributed by atoms with Crippen molar-refractivity contribution in [3.8, 4) is 6.07 Å². The molecule has 2 N–H and O–H groups in total. The molecule has 1 aliphatic rings. The maximum Gasteiger partial charge on any atom is 0.312 e. The molecule has 106 valence electrons. The Labute approximate surface area is 117 Å². The Kier molecular flexibility index (Phi) is 4.48. The summed E-state index contributed by atoms with van der Waals surface area (Å²) in [6.45, 7) is 1.29. The maximum atomic E-state index is 11.2. The van der Waals surface area contributed by atoms with Crippen molar-refractivity contribution in [2.45, 2.75) is 31.7 Å². The molecule has 1 atom stereocenters. The fourth-order valence-corrected chi connectivity index (χ4v) is 2.63. The third kappa shape index (κ3) is 2.86. The van der Waals surface area contributed by atoms with Crippen molar-refractivity contribution >= 4 is 11.5 Å². The van der Waals surface area contributed by atoms with E-state index in [-0.39, 0.29) is 17.3 Å². The first kappa shape index (κ1) is 14.2. The highest BCUT2D eigenvalue weighted by molar-refractivity contribution is 5.60. The van der Waals surface area contributed by atoms with Crippen LogP contribution < -0.4 is 10.6 Å². The zero-order valence-corrected chi connectivity index (χ0v) is 11.2. The molecular weight excluding hydrogens is 258 g/mol. The molecule has 0 bridgehead atoms. The van der Waals surface area contributed by atoms with Crippen molar-refractivity contribution in [2.75, 3.05) is 18.0 Å². The van der Waals surface area contributed by atoms with Gasteiger partial charge in [0.25, 0.3) is 0 Å². The Balaban J connectivity index is 2.39. The van der Waals surface area contributed by atoms with Gasteiger partial charge in [-0.15, -0.1) is 0 Å². The average molecular weight is 275 g/mol. The summed E-state index contributed by atoms with van der Waals surface area (Å²) in [5, 5.41) is 20.0. The van der Waals surface area contributed by atoms with Crippen molar-refractivity contribution in [1.29, 1.82) is 5.26 Å². The number of nitrogens with zero attached hydrogens (tertiary/aromatic N) is 4. The summed E-state index contributed by atoms with van der Waals surface area (Å²) >= 11 is 0. The number of pyridine rings is 1. The van der Waals surface area contributed by atoms with Crippen molar-refractivity contribution in [3.63, 3.8) is 0 Å². The van der Waals surface area contributed by atoms with E-state index in [0.717, 1.165) is 32.2 Å². The topological polar surface area (TPSA) is 109 Å². The van der Waals surface area contributed by atoms with Crippen LogP contribution in [0.1, 0.15) is 31.2 Å². The van der Waals surface area contributed by atoms with E-state index in [0.29, 0.717) is 12.4 Å². The third-order valence-corrected chi connectivity index (χ3v) is 3.57. The normalized spacial score (nSPS) is 18.6. The third-order valence-electron chi connectivity index (χ3n) is 3.57. The van der Waals surface area contributed by atoms with Crippen LogP contribution in [0.3, 0.4) is 0 Å². The van der Waals surface area contributed by atoms with Gasteiger partial charge in [-0.3, -0.25) is 10.1 Å². The van der Waals surface area contributed by atoms with Crippen LogP contribution in [0.5, 0.6) is 0 Å². The van der Waals surface area contributed by atoms with Crippen molar-refractivity contribution in [2.24, 2.45) is 5.73 Å². The maximum absolute atomic E-state index is 11.2. The summed E-state index contributed by atoms with van der Waals surface area (Å²) in [5.74, 6) is 0.354. The van der Waals surface area contributed by atoms with Gasteiger partial charge in [0.05, 0.1) is 10.5 Å². The Morgan fingerprint density at radius 3 is 3.05 bits per heavy atom. The Morgan fingerprint density at radius 1 is 1.60 bits per heavy atom. The molecule has 1 aromatic rings. The summed E-state index contributed by atoms with van der Waals surface area (Å²) in [6, 6.07) is 3.36. The van der Waals surface area contributed by atoms with Crippen LogP contribution in [0.15, 0.2) is 12.3 Å². The lowest BCUT2D eigenvalue weighted by Gasteiger charge is -2.36. The molecule has 1 aliphatic heterocycles. The first-order chi connectivity index (χ1) is 9.67. The lowest BCUT2D eigenvalue weighted by Crippen LogP contribution is -2.41. The fourth-order valence-electron chi connectivity index (χ4n) is 2.63. The molecule has 7 heteroatoms.